The summed E-state index contributed by atoms with van der Waals surface area (Å²) in [6, 6.07) is 0. The molecule has 0 saturated heterocycles. The monoisotopic (exact) mass is 154 g/mol. The van der Waals surface area contributed by atoms with Gasteiger partial charge in [0.15, 0.2) is 0 Å². The Morgan fingerprint density at radius 1 is 1.45 bits per heavy atom. The predicted molar refractivity (Wildman–Crippen MR) is 43.0 cm³/mol. The van der Waals surface area contributed by atoms with Gasteiger partial charge < -0.3 is 4.74 Å². The van der Waals surface area contributed by atoms with Crippen molar-refractivity contribution in [2.45, 2.75) is 19.8 Å². The van der Waals surface area contributed by atoms with Gasteiger partial charge in [0.25, 0.3) is 0 Å². The highest BCUT2D eigenvalue weighted by molar-refractivity contribution is 5.73. The fourth-order valence-corrected chi connectivity index (χ4v) is 1.43. The molecule has 0 bridgehead atoms. The number of rotatable bonds is 1. The van der Waals surface area contributed by atoms with Gasteiger partial charge in [0, 0.05) is 0 Å². The molecule has 1 aliphatic rings. The molecule has 11 heavy (non-hydrogen) atoms. The zero-order valence-corrected chi connectivity index (χ0v) is 7.04. The first-order valence-electron chi connectivity index (χ1n) is 3.98. The second-order valence-corrected chi connectivity index (χ2v) is 3.05. The van der Waals surface area contributed by atoms with Crippen molar-refractivity contribution in [3.05, 3.63) is 12.2 Å². The number of hydrogen-bond donors (Lipinski definition) is 0. The van der Waals surface area contributed by atoms with Crippen molar-refractivity contribution in [1.82, 2.24) is 0 Å². The average Bonchev–Trinajstić information content (AvgIpc) is 2.04. The molecule has 1 aliphatic carbocycles. The molecule has 0 fully saturated rings. The lowest BCUT2D eigenvalue weighted by molar-refractivity contribution is -0.147. The van der Waals surface area contributed by atoms with Gasteiger partial charge >= 0.3 is 5.97 Å². The van der Waals surface area contributed by atoms with E-state index in [1.165, 1.54) is 7.11 Å². The van der Waals surface area contributed by atoms with E-state index in [9.17, 15) is 4.79 Å². The van der Waals surface area contributed by atoms with Gasteiger partial charge in [-0.2, -0.15) is 0 Å². The molecule has 62 valence electrons. The van der Waals surface area contributed by atoms with Crippen molar-refractivity contribution in [3.8, 4) is 0 Å². The number of esters is 1. The lowest BCUT2D eigenvalue weighted by Gasteiger charge is -2.22. The summed E-state index contributed by atoms with van der Waals surface area (Å²) in [4.78, 5) is 11.1. The van der Waals surface area contributed by atoms with Crippen LogP contribution in [0.25, 0.3) is 0 Å². The van der Waals surface area contributed by atoms with Crippen LogP contribution in [0, 0.1) is 11.8 Å². The van der Waals surface area contributed by atoms with Gasteiger partial charge in [-0.05, 0) is 18.8 Å². The van der Waals surface area contributed by atoms with Crippen LogP contribution in [0.15, 0.2) is 12.2 Å². The third-order valence-electron chi connectivity index (χ3n) is 2.26. The van der Waals surface area contributed by atoms with E-state index in [-0.39, 0.29) is 11.9 Å². The van der Waals surface area contributed by atoms with Gasteiger partial charge in [-0.15, -0.1) is 0 Å². The topological polar surface area (TPSA) is 26.3 Å². The van der Waals surface area contributed by atoms with Crippen LogP contribution < -0.4 is 0 Å². The van der Waals surface area contributed by atoms with Crippen molar-refractivity contribution >= 4 is 5.97 Å². The molecule has 2 unspecified atom stereocenters. The molecule has 0 aromatic rings. The largest absolute Gasteiger partial charge is 0.469 e. The molecule has 2 atom stereocenters. The molecule has 1 rings (SSSR count). The maximum atomic E-state index is 11.1. The SMILES string of the molecule is COC(=O)C1CC=CCC1C. The number of methoxy groups -OCH3 is 1. The van der Waals surface area contributed by atoms with E-state index in [1.807, 2.05) is 0 Å². The van der Waals surface area contributed by atoms with Crippen LogP contribution in [-0.2, 0) is 9.53 Å². The highest BCUT2D eigenvalue weighted by Gasteiger charge is 2.25. The lowest BCUT2D eigenvalue weighted by Crippen LogP contribution is -2.24. The summed E-state index contributed by atoms with van der Waals surface area (Å²) in [5.74, 6) is 0.458. The Hall–Kier alpha value is -0.790. The molecular formula is C9H14O2. The zero-order valence-electron chi connectivity index (χ0n) is 7.04. The second kappa shape index (κ2) is 3.56. The molecule has 0 amide bonds. The van der Waals surface area contributed by atoms with E-state index in [0.717, 1.165) is 12.8 Å². The Bertz CT molecular complexity index is 172. The minimum Gasteiger partial charge on any atom is -0.469 e. The maximum Gasteiger partial charge on any atom is 0.309 e. The minimum absolute atomic E-state index is 0.0677. The van der Waals surface area contributed by atoms with Gasteiger partial charge in [0.2, 0.25) is 0 Å². The molecule has 2 nitrogen and oxygen atoms in total. The summed E-state index contributed by atoms with van der Waals surface area (Å²) in [5, 5.41) is 0. The van der Waals surface area contributed by atoms with E-state index in [0.29, 0.717) is 5.92 Å². The Morgan fingerprint density at radius 3 is 2.64 bits per heavy atom. The van der Waals surface area contributed by atoms with Gasteiger partial charge in [-0.25, -0.2) is 0 Å². The van der Waals surface area contributed by atoms with Crippen molar-refractivity contribution in [2.75, 3.05) is 7.11 Å². The number of carbonyl (C=O) groups excluding carboxylic acids is 1. The van der Waals surface area contributed by atoms with Crippen LogP contribution in [0.1, 0.15) is 19.8 Å². The molecule has 0 aromatic heterocycles. The summed E-state index contributed by atoms with van der Waals surface area (Å²) in [6.45, 7) is 2.09. The molecular weight excluding hydrogens is 140 g/mol. The van der Waals surface area contributed by atoms with Crippen LogP contribution >= 0.6 is 0 Å². The fourth-order valence-electron chi connectivity index (χ4n) is 1.43. The first-order valence-corrected chi connectivity index (χ1v) is 3.98. The van der Waals surface area contributed by atoms with Gasteiger partial charge in [-0.1, -0.05) is 19.1 Å². The van der Waals surface area contributed by atoms with E-state index in [1.54, 1.807) is 0 Å². The Kier molecular flexibility index (Phi) is 2.69. The molecule has 0 N–H and O–H groups in total. The van der Waals surface area contributed by atoms with Gasteiger partial charge in [-0.3, -0.25) is 4.79 Å². The van der Waals surface area contributed by atoms with Gasteiger partial charge in [0.1, 0.15) is 0 Å². The summed E-state index contributed by atoms with van der Waals surface area (Å²) in [5.41, 5.74) is 0. The molecule has 0 heterocycles. The molecule has 0 aliphatic heterocycles. The summed E-state index contributed by atoms with van der Waals surface area (Å²) in [7, 11) is 1.45. The lowest BCUT2D eigenvalue weighted by atomic mass is 9.84. The standard InChI is InChI=1S/C9H14O2/c1-7-5-3-4-6-8(7)9(10)11-2/h3-4,7-8H,5-6H2,1-2H3. The van der Waals surface area contributed by atoms with Crippen molar-refractivity contribution in [3.63, 3.8) is 0 Å². The predicted octanol–water partition coefficient (Wildman–Crippen LogP) is 1.76. The van der Waals surface area contributed by atoms with Gasteiger partial charge in [0.05, 0.1) is 13.0 Å². The second-order valence-electron chi connectivity index (χ2n) is 3.05. The minimum atomic E-state index is -0.0677. The van der Waals surface area contributed by atoms with E-state index >= 15 is 0 Å². The molecule has 0 saturated carbocycles. The highest BCUT2D eigenvalue weighted by atomic mass is 16.5. The summed E-state index contributed by atoms with van der Waals surface area (Å²) >= 11 is 0. The summed E-state index contributed by atoms with van der Waals surface area (Å²) in [6.07, 6.45) is 6.03. The average molecular weight is 154 g/mol. The Balaban J connectivity index is 2.56. The smallest absolute Gasteiger partial charge is 0.309 e. The number of carbonyl (C=O) groups is 1. The zero-order chi connectivity index (χ0) is 8.27. The summed E-state index contributed by atoms with van der Waals surface area (Å²) < 4.78 is 4.69. The first-order chi connectivity index (χ1) is 5.25. The third kappa shape index (κ3) is 1.82. The van der Waals surface area contributed by atoms with Crippen LogP contribution in [0.3, 0.4) is 0 Å². The maximum absolute atomic E-state index is 11.1. The van der Waals surface area contributed by atoms with E-state index < -0.39 is 0 Å². The van der Waals surface area contributed by atoms with Crippen LogP contribution in [0.2, 0.25) is 0 Å². The van der Waals surface area contributed by atoms with Crippen molar-refractivity contribution in [1.29, 1.82) is 0 Å². The molecule has 0 radical (unpaired) electrons. The van der Waals surface area contributed by atoms with Crippen LogP contribution in [-0.4, -0.2) is 13.1 Å². The van der Waals surface area contributed by atoms with Crippen molar-refractivity contribution in [2.24, 2.45) is 11.8 Å². The highest BCUT2D eigenvalue weighted by Crippen LogP contribution is 2.25. The number of hydrogen-bond acceptors (Lipinski definition) is 2. The quantitative estimate of drug-likeness (QED) is 0.425. The van der Waals surface area contributed by atoms with Crippen LogP contribution in [0.4, 0.5) is 0 Å². The Morgan fingerprint density at radius 2 is 2.09 bits per heavy atom. The van der Waals surface area contributed by atoms with E-state index in [2.05, 4.69) is 23.8 Å². The number of allylic oxidation sites excluding steroid dienone is 2. The normalized spacial score (nSPS) is 30.0. The third-order valence-corrected chi connectivity index (χ3v) is 2.26. The first kappa shape index (κ1) is 8.31. The van der Waals surface area contributed by atoms with Crippen LogP contribution in [0.5, 0.6) is 0 Å². The fraction of sp³-hybridized carbons (Fsp3) is 0.667. The number of ether oxygens (including phenoxy) is 1. The molecule has 2 heteroatoms. The Labute approximate surface area is 67.2 Å². The molecule has 0 spiro atoms. The van der Waals surface area contributed by atoms with E-state index in [4.69, 9.17) is 0 Å². The van der Waals surface area contributed by atoms with Crippen molar-refractivity contribution < 1.29 is 9.53 Å². The molecule has 0 aromatic carbocycles.